The maximum absolute atomic E-state index is 10.1. The third-order valence-electron chi connectivity index (χ3n) is 1.34. The summed E-state index contributed by atoms with van der Waals surface area (Å²) in [5.74, 6) is -1.48. The number of carboxylic acids is 1. The van der Waals surface area contributed by atoms with Gasteiger partial charge in [0, 0.05) is 0 Å². The second kappa shape index (κ2) is 7.89. The standard InChI is InChI=1S/C8H8O3.Na.Zr/c9-7(8(10)11)6-4-2-1-3-5-6;;/h1-5,7,9H,(H,10,11);;/q;+1;+2/p-1. The molecule has 1 aromatic carbocycles. The number of carbonyl (C=O) groups excluding carboxylic acids is 1. The number of hydrogen-bond acceptors (Lipinski definition) is 3. The van der Waals surface area contributed by atoms with Crippen LogP contribution in [0.1, 0.15) is 11.7 Å². The molecule has 0 heterocycles. The normalized spacial score (nSPS) is 10.5. The topological polar surface area (TPSA) is 60.4 Å². The Morgan fingerprint density at radius 3 is 2.15 bits per heavy atom. The van der Waals surface area contributed by atoms with E-state index in [1.165, 1.54) is 12.1 Å². The van der Waals surface area contributed by atoms with Gasteiger partial charge >= 0.3 is 55.8 Å². The molecule has 0 aromatic heterocycles. The van der Waals surface area contributed by atoms with Gasteiger partial charge in [-0.15, -0.1) is 0 Å². The van der Waals surface area contributed by atoms with Crippen molar-refractivity contribution in [3.63, 3.8) is 0 Å². The van der Waals surface area contributed by atoms with Crippen LogP contribution in [-0.2, 0) is 31.0 Å². The van der Waals surface area contributed by atoms with Gasteiger partial charge in [0.25, 0.3) is 0 Å². The molecule has 0 aliphatic rings. The predicted molar refractivity (Wildman–Crippen MR) is 36.4 cm³/mol. The molecule has 60 valence electrons. The number of benzene rings is 1. The van der Waals surface area contributed by atoms with Crippen molar-refractivity contribution >= 4 is 5.97 Å². The first kappa shape index (κ1) is 16.0. The zero-order valence-electron chi connectivity index (χ0n) is 7.23. The Balaban J connectivity index is 0. The predicted octanol–water partition coefficient (Wildman–Crippen LogP) is -3.53. The monoisotopic (exact) mass is 264 g/mol. The first-order valence-corrected chi connectivity index (χ1v) is 3.15. The van der Waals surface area contributed by atoms with Crippen LogP contribution in [0.25, 0.3) is 0 Å². The Morgan fingerprint density at radius 2 is 1.77 bits per heavy atom. The summed E-state index contributed by atoms with van der Waals surface area (Å²) < 4.78 is 0. The number of aliphatic hydroxyl groups is 1. The maximum Gasteiger partial charge on any atom is 2.00 e. The third kappa shape index (κ3) is 5.09. The van der Waals surface area contributed by atoms with Gasteiger partial charge in [-0.2, -0.15) is 0 Å². The van der Waals surface area contributed by atoms with Crippen molar-refractivity contribution < 1.29 is 70.8 Å². The number of carboxylic acid groups (broad SMARTS) is 1. The number of aliphatic hydroxyl groups excluding tert-OH is 1. The first-order valence-electron chi connectivity index (χ1n) is 3.15. The van der Waals surface area contributed by atoms with Crippen molar-refractivity contribution in [2.75, 3.05) is 0 Å². The number of aliphatic carboxylic acids is 1. The average molecular weight is 265 g/mol. The second-order valence-electron chi connectivity index (χ2n) is 2.13. The minimum atomic E-state index is -1.52. The molecule has 0 bridgehead atoms. The van der Waals surface area contributed by atoms with E-state index in [4.69, 9.17) is 5.11 Å². The van der Waals surface area contributed by atoms with E-state index in [1.807, 2.05) is 0 Å². The molecule has 0 spiro atoms. The van der Waals surface area contributed by atoms with Crippen molar-refractivity contribution in [3.05, 3.63) is 35.9 Å². The zero-order chi connectivity index (χ0) is 8.27. The van der Waals surface area contributed by atoms with Crippen LogP contribution in [0.5, 0.6) is 0 Å². The van der Waals surface area contributed by atoms with Gasteiger partial charge in [0.2, 0.25) is 0 Å². The van der Waals surface area contributed by atoms with Gasteiger partial charge in [0.05, 0.1) is 5.97 Å². The molecule has 0 aliphatic heterocycles. The van der Waals surface area contributed by atoms with Gasteiger partial charge in [-0.05, 0) is 5.56 Å². The Bertz CT molecular complexity index is 253. The second-order valence-corrected chi connectivity index (χ2v) is 2.13. The van der Waals surface area contributed by atoms with E-state index < -0.39 is 12.1 Å². The van der Waals surface area contributed by atoms with E-state index in [-0.39, 0.29) is 55.8 Å². The molecule has 5 heteroatoms. The minimum absolute atomic E-state index is 0. The summed E-state index contributed by atoms with van der Waals surface area (Å²) in [5.41, 5.74) is 0.340. The van der Waals surface area contributed by atoms with Gasteiger partial charge in [0.1, 0.15) is 6.10 Å². The largest absolute Gasteiger partial charge is 2.00 e. The van der Waals surface area contributed by atoms with Crippen LogP contribution in [0.4, 0.5) is 0 Å². The summed E-state index contributed by atoms with van der Waals surface area (Å²) in [5, 5.41) is 19.1. The molecule has 0 fully saturated rings. The van der Waals surface area contributed by atoms with Crippen LogP contribution >= 0.6 is 0 Å². The van der Waals surface area contributed by atoms with Gasteiger partial charge in [-0.1, -0.05) is 30.3 Å². The van der Waals surface area contributed by atoms with E-state index in [1.54, 1.807) is 18.2 Å². The van der Waals surface area contributed by atoms with Crippen molar-refractivity contribution in [2.45, 2.75) is 6.10 Å². The first-order chi connectivity index (χ1) is 5.22. The fraction of sp³-hybridized carbons (Fsp3) is 0.125. The summed E-state index contributed by atoms with van der Waals surface area (Å²) in [6, 6.07) is 8.11. The van der Waals surface area contributed by atoms with Crippen LogP contribution in [0.2, 0.25) is 0 Å². The van der Waals surface area contributed by atoms with Crippen molar-refractivity contribution in [2.24, 2.45) is 0 Å². The van der Waals surface area contributed by atoms with Gasteiger partial charge in [0.15, 0.2) is 0 Å². The Kier molecular flexibility index (Phi) is 9.70. The maximum atomic E-state index is 10.1. The molecule has 1 unspecified atom stereocenters. The number of carbonyl (C=O) groups is 1. The van der Waals surface area contributed by atoms with E-state index >= 15 is 0 Å². The Hall–Kier alpha value is 0.533. The molecule has 0 saturated heterocycles. The molecule has 1 atom stereocenters. The van der Waals surface area contributed by atoms with Crippen LogP contribution in [0.15, 0.2) is 30.3 Å². The smallest absolute Gasteiger partial charge is 0.547 e. The van der Waals surface area contributed by atoms with Crippen molar-refractivity contribution in [1.82, 2.24) is 0 Å². The van der Waals surface area contributed by atoms with E-state index in [2.05, 4.69) is 0 Å². The van der Waals surface area contributed by atoms with Crippen LogP contribution in [0, 0.1) is 0 Å². The Morgan fingerprint density at radius 1 is 1.31 bits per heavy atom. The van der Waals surface area contributed by atoms with E-state index in [9.17, 15) is 9.90 Å². The SMILES string of the molecule is O=C([O-])C(O)c1ccccc1.[Na+].[Zr+2]. The quantitative estimate of drug-likeness (QED) is 0.564. The van der Waals surface area contributed by atoms with Crippen LogP contribution < -0.4 is 34.7 Å². The summed E-state index contributed by atoms with van der Waals surface area (Å²) in [6.07, 6.45) is -1.52. The van der Waals surface area contributed by atoms with Crippen molar-refractivity contribution in [1.29, 1.82) is 0 Å². The van der Waals surface area contributed by atoms with Crippen LogP contribution in [0.3, 0.4) is 0 Å². The van der Waals surface area contributed by atoms with Crippen molar-refractivity contribution in [3.8, 4) is 0 Å². The summed E-state index contributed by atoms with van der Waals surface area (Å²) >= 11 is 0. The third-order valence-corrected chi connectivity index (χ3v) is 1.34. The molecule has 1 N–H and O–H groups in total. The molecule has 0 radical (unpaired) electrons. The zero-order valence-corrected chi connectivity index (χ0v) is 11.7. The molecular weight excluding hydrogens is 258 g/mol. The Labute approximate surface area is 118 Å². The fourth-order valence-electron chi connectivity index (χ4n) is 0.771. The molecule has 13 heavy (non-hydrogen) atoms. The molecule has 1 rings (SSSR count). The summed E-state index contributed by atoms with van der Waals surface area (Å²) in [6.45, 7) is 0. The van der Waals surface area contributed by atoms with E-state index in [0.29, 0.717) is 5.56 Å². The molecule has 0 amide bonds. The van der Waals surface area contributed by atoms with Gasteiger partial charge in [-0.25, -0.2) is 0 Å². The fourth-order valence-corrected chi connectivity index (χ4v) is 0.771. The van der Waals surface area contributed by atoms with Gasteiger partial charge < -0.3 is 15.0 Å². The molecule has 0 saturated carbocycles. The molecule has 0 aliphatic carbocycles. The molecular formula is C8H7NaO3Zr+2. The van der Waals surface area contributed by atoms with Gasteiger partial charge in [-0.3, -0.25) is 0 Å². The number of rotatable bonds is 2. The summed E-state index contributed by atoms with van der Waals surface area (Å²) in [4.78, 5) is 10.1. The molecule has 1 aromatic rings. The average Bonchev–Trinajstić information content (AvgIpc) is 2.05. The van der Waals surface area contributed by atoms with E-state index in [0.717, 1.165) is 0 Å². The number of hydrogen-bond donors (Lipinski definition) is 1. The minimum Gasteiger partial charge on any atom is -0.547 e. The van der Waals surface area contributed by atoms with Crippen LogP contribution in [-0.4, -0.2) is 11.1 Å². The summed E-state index contributed by atoms with van der Waals surface area (Å²) in [7, 11) is 0. The molecule has 3 nitrogen and oxygen atoms in total.